The molecule has 4 nitrogen and oxygen atoms in total. The Hall–Kier alpha value is -9.32. The fraction of sp³-hybridized carbons (Fsp3) is 0.233. The highest BCUT2D eigenvalue weighted by atomic mass is 15.2. The number of anilines is 6. The Morgan fingerprint density at radius 2 is 0.527 bits per heavy atom. The second-order valence-electron chi connectivity index (χ2n) is 31.2. The van der Waals surface area contributed by atoms with Gasteiger partial charge in [0.1, 0.15) is 0 Å². The molecule has 2 aromatic heterocycles. The minimum Gasteiger partial charge on any atom is -0.311 e. The van der Waals surface area contributed by atoms with Crippen molar-refractivity contribution in [1.29, 1.82) is 0 Å². The second-order valence-corrected chi connectivity index (χ2v) is 31.2. The predicted octanol–water partition coefficient (Wildman–Crippen LogP) is 21.8. The van der Waals surface area contributed by atoms with E-state index in [2.05, 4.69) is 353 Å². The molecule has 0 aliphatic carbocycles. The minimum absolute atomic E-state index is 0.0151. The fourth-order valence-corrected chi connectivity index (χ4v) is 14.6. The summed E-state index contributed by atoms with van der Waals surface area (Å²) in [5.74, 6) is 0. The molecule has 4 heterocycles. The van der Waals surface area contributed by atoms with Crippen molar-refractivity contribution >= 4 is 101 Å². The SMILES string of the molecule is CC(C)(C)c1cc2c3c(c1)N(c1ccc(-c4ccccc4)cc1)c1cc(-n4c5ccc(C(C)(C)C)cc5c5cc(C(C)(C)C)ccc54)ccc1B3c1ccc(-n3c4ccc(C(C)(C)C)cc4c4cc(C(C)(C)C)ccc43)cc1N2c1ccc(-c2ccccc2)cc1. The average Bonchev–Trinajstić information content (AvgIpc) is 1.08. The zero-order valence-electron chi connectivity index (χ0n) is 55.8. The van der Waals surface area contributed by atoms with Crippen LogP contribution in [-0.2, 0) is 27.1 Å². The van der Waals surface area contributed by atoms with E-state index in [0.717, 1.165) is 22.7 Å². The number of aromatic nitrogens is 2. The van der Waals surface area contributed by atoms with E-state index in [-0.39, 0.29) is 33.8 Å². The Labute approximate surface area is 539 Å². The molecule has 2 aliphatic rings. The summed E-state index contributed by atoms with van der Waals surface area (Å²) in [5, 5.41) is 5.13. The summed E-state index contributed by atoms with van der Waals surface area (Å²) in [7, 11) is 0. The number of fused-ring (bicyclic) bond motifs is 10. The van der Waals surface area contributed by atoms with Crippen molar-refractivity contribution in [2.24, 2.45) is 0 Å². The van der Waals surface area contributed by atoms with Gasteiger partial charge in [-0.2, -0.15) is 0 Å². The molecular formula is C86H83BN4. The number of nitrogens with zero attached hydrogens (tertiary/aromatic N) is 4. The van der Waals surface area contributed by atoms with Gasteiger partial charge in [-0.25, -0.2) is 0 Å². The lowest BCUT2D eigenvalue weighted by molar-refractivity contribution is 0.590. The first-order chi connectivity index (χ1) is 43.3. The normalized spacial score (nSPS) is 13.6. The van der Waals surface area contributed by atoms with Crippen LogP contribution in [0, 0.1) is 0 Å². The zero-order chi connectivity index (χ0) is 63.4. The van der Waals surface area contributed by atoms with Gasteiger partial charge in [0.05, 0.1) is 22.1 Å². The average molecular weight is 1180 g/mol. The van der Waals surface area contributed by atoms with Gasteiger partial charge in [-0.3, -0.25) is 0 Å². The maximum atomic E-state index is 2.60. The van der Waals surface area contributed by atoms with Gasteiger partial charge in [0.15, 0.2) is 0 Å². The number of benzene rings is 11. The molecule has 0 saturated heterocycles. The van der Waals surface area contributed by atoms with E-state index in [0.29, 0.717) is 0 Å². The molecule has 0 amide bonds. The van der Waals surface area contributed by atoms with Crippen LogP contribution < -0.4 is 26.2 Å². The Morgan fingerprint density at radius 3 is 0.824 bits per heavy atom. The molecule has 0 fully saturated rings. The van der Waals surface area contributed by atoms with E-state index >= 15 is 0 Å². The van der Waals surface area contributed by atoms with Crippen LogP contribution >= 0.6 is 0 Å². The Balaban J connectivity index is 1.02. The van der Waals surface area contributed by atoms with E-state index in [1.165, 1.54) is 133 Å². The van der Waals surface area contributed by atoms with Crippen LogP contribution in [0.25, 0.3) is 77.2 Å². The third-order valence-corrected chi connectivity index (χ3v) is 19.9. The van der Waals surface area contributed by atoms with Gasteiger partial charge >= 0.3 is 0 Å². The standard InChI is InChI=1S/C86H83BN4/c1-82(2,3)58-30-42-73-67(46-58)68-47-59(83(4,5)6)31-43-74(68)90(73)65-38-40-71-77(52-65)88(63-34-26-56(27-35-63)54-22-18-16-19-23-54)79-50-62(86(13,14)15)51-80-81(79)87(71)72-41-39-66(53-78(72)89(80)64-36-28-57(29-37-64)55-24-20-17-21-25-55)91-75-44-32-60(84(7,8)9)48-69(75)70-49-61(85(10,11)12)33-45-76(70)91/h16-53H,1-15H3. The second kappa shape index (κ2) is 20.6. The Kier molecular flexibility index (Phi) is 13.2. The quantitative estimate of drug-likeness (QED) is 0.154. The lowest BCUT2D eigenvalue weighted by atomic mass is 9.33. The molecule has 5 heteroatoms. The molecular weight excluding hydrogens is 1100 g/mol. The van der Waals surface area contributed by atoms with Crippen LogP contribution in [-0.4, -0.2) is 15.8 Å². The van der Waals surface area contributed by atoms with Gasteiger partial charge in [-0.15, -0.1) is 0 Å². The molecule has 0 atom stereocenters. The molecule has 0 saturated carbocycles. The summed E-state index contributed by atoms with van der Waals surface area (Å²) in [5.41, 5.74) is 29.1. The van der Waals surface area contributed by atoms with Gasteiger partial charge in [-0.1, -0.05) is 225 Å². The summed E-state index contributed by atoms with van der Waals surface area (Å²) >= 11 is 0. The van der Waals surface area contributed by atoms with Gasteiger partial charge in [0.2, 0.25) is 0 Å². The van der Waals surface area contributed by atoms with Crippen LogP contribution in [0.3, 0.4) is 0 Å². The van der Waals surface area contributed by atoms with Crippen LogP contribution in [0.4, 0.5) is 34.1 Å². The van der Waals surface area contributed by atoms with Crippen molar-refractivity contribution in [3.05, 3.63) is 258 Å². The monoisotopic (exact) mass is 1180 g/mol. The number of rotatable bonds is 6. The summed E-state index contributed by atoms with van der Waals surface area (Å²) in [6.07, 6.45) is 0. The summed E-state index contributed by atoms with van der Waals surface area (Å²) in [4.78, 5) is 5.21. The lowest BCUT2D eigenvalue weighted by Crippen LogP contribution is -2.61. The van der Waals surface area contributed by atoms with Crippen molar-refractivity contribution in [2.75, 3.05) is 9.80 Å². The maximum Gasteiger partial charge on any atom is 0.252 e. The highest BCUT2D eigenvalue weighted by Crippen LogP contribution is 2.49. The van der Waals surface area contributed by atoms with Gasteiger partial charge in [0.25, 0.3) is 6.71 Å². The first-order valence-corrected chi connectivity index (χ1v) is 32.8. The molecule has 15 rings (SSSR count). The Bertz CT molecular complexity index is 4590. The third-order valence-electron chi connectivity index (χ3n) is 19.9. The molecule has 13 aromatic rings. The van der Waals surface area contributed by atoms with E-state index in [1.807, 2.05) is 0 Å². The highest BCUT2D eigenvalue weighted by molar-refractivity contribution is 7.00. The van der Waals surface area contributed by atoms with Crippen molar-refractivity contribution in [1.82, 2.24) is 9.13 Å². The van der Waals surface area contributed by atoms with Crippen LogP contribution in [0.5, 0.6) is 0 Å². The first-order valence-electron chi connectivity index (χ1n) is 32.8. The Morgan fingerprint density at radius 1 is 0.242 bits per heavy atom. The van der Waals surface area contributed by atoms with Crippen molar-refractivity contribution in [2.45, 2.75) is 131 Å². The molecule has 0 unspecified atom stereocenters. The van der Waals surface area contributed by atoms with E-state index in [9.17, 15) is 0 Å². The third kappa shape index (κ3) is 9.72. The van der Waals surface area contributed by atoms with Crippen molar-refractivity contribution in [3.8, 4) is 33.6 Å². The topological polar surface area (TPSA) is 16.3 Å². The maximum absolute atomic E-state index is 2.60. The van der Waals surface area contributed by atoms with Crippen molar-refractivity contribution < 1.29 is 0 Å². The molecule has 450 valence electrons. The predicted molar refractivity (Wildman–Crippen MR) is 394 cm³/mol. The van der Waals surface area contributed by atoms with Gasteiger partial charge < -0.3 is 18.9 Å². The van der Waals surface area contributed by atoms with Crippen molar-refractivity contribution in [3.63, 3.8) is 0 Å². The van der Waals surface area contributed by atoms with Crippen LogP contribution in [0.2, 0.25) is 0 Å². The number of hydrogen-bond acceptors (Lipinski definition) is 2. The van der Waals surface area contributed by atoms with Gasteiger partial charge in [0, 0.05) is 67.0 Å². The summed E-state index contributed by atoms with van der Waals surface area (Å²) in [6, 6.07) is 88.9. The molecule has 11 aromatic carbocycles. The molecule has 91 heavy (non-hydrogen) atoms. The molecule has 0 bridgehead atoms. The van der Waals surface area contributed by atoms with E-state index in [1.54, 1.807) is 0 Å². The first kappa shape index (κ1) is 58.1. The largest absolute Gasteiger partial charge is 0.311 e. The fourth-order valence-electron chi connectivity index (χ4n) is 14.6. The lowest BCUT2D eigenvalue weighted by Gasteiger charge is -2.45. The zero-order valence-corrected chi connectivity index (χ0v) is 55.8. The summed E-state index contributed by atoms with van der Waals surface area (Å²) in [6.45, 7) is 34.9. The van der Waals surface area contributed by atoms with E-state index in [4.69, 9.17) is 0 Å². The highest BCUT2D eigenvalue weighted by Gasteiger charge is 2.45. The van der Waals surface area contributed by atoms with Crippen LogP contribution in [0.1, 0.15) is 132 Å². The van der Waals surface area contributed by atoms with Crippen LogP contribution in [0.15, 0.2) is 231 Å². The molecule has 0 radical (unpaired) electrons. The molecule has 0 spiro atoms. The summed E-state index contributed by atoms with van der Waals surface area (Å²) < 4.78 is 5.07. The molecule has 0 N–H and O–H groups in total. The number of hydrogen-bond donors (Lipinski definition) is 0. The molecule has 2 aliphatic heterocycles. The van der Waals surface area contributed by atoms with E-state index < -0.39 is 0 Å². The smallest absolute Gasteiger partial charge is 0.252 e. The van der Waals surface area contributed by atoms with Gasteiger partial charge in [-0.05, 0) is 203 Å². The minimum atomic E-state index is -0.210.